The molecule has 2 aromatic heterocycles. The lowest BCUT2D eigenvalue weighted by atomic mass is 9.94. The summed E-state index contributed by atoms with van der Waals surface area (Å²) in [7, 11) is 0. The van der Waals surface area contributed by atoms with Crippen molar-refractivity contribution in [1.29, 1.82) is 5.26 Å². The quantitative estimate of drug-likeness (QED) is 0.445. The molecule has 1 amide bonds. The maximum atomic E-state index is 12.8. The molecular weight excluding hydrogens is 428 g/mol. The van der Waals surface area contributed by atoms with Crippen LogP contribution in [0.15, 0.2) is 53.3 Å². The van der Waals surface area contributed by atoms with E-state index in [1.165, 1.54) is 0 Å². The first kappa shape index (κ1) is 21.6. The van der Waals surface area contributed by atoms with Crippen molar-refractivity contribution in [1.82, 2.24) is 19.9 Å². The average molecular weight is 449 g/mol. The van der Waals surface area contributed by atoms with E-state index < -0.39 is 0 Å². The van der Waals surface area contributed by atoms with Crippen molar-refractivity contribution in [2.45, 2.75) is 18.8 Å². The minimum Gasteiger partial charge on any atom is -0.321 e. The van der Waals surface area contributed by atoms with Gasteiger partial charge in [-0.25, -0.2) is 4.52 Å². The second-order valence-corrected chi connectivity index (χ2v) is 7.69. The SMILES string of the molecule is Cl.N#Cc1cccc(C(=O)Nc2cccc3nn4c(C5CCNCC5)cc(=O)[nH]c4c23)c1. The molecule has 0 radical (unpaired) electrons. The van der Waals surface area contributed by atoms with Gasteiger partial charge in [-0.3, -0.25) is 9.59 Å². The Labute approximate surface area is 189 Å². The van der Waals surface area contributed by atoms with Gasteiger partial charge in [-0.15, -0.1) is 12.4 Å². The Balaban J connectivity index is 0.00000245. The molecule has 32 heavy (non-hydrogen) atoms. The van der Waals surface area contributed by atoms with Crippen molar-refractivity contribution in [3.63, 3.8) is 0 Å². The highest BCUT2D eigenvalue weighted by molar-refractivity contribution is 6.12. The zero-order chi connectivity index (χ0) is 21.4. The Kier molecular flexibility index (Phi) is 5.95. The number of carbonyl (C=O) groups excluding carboxylic acids is 1. The van der Waals surface area contributed by atoms with Gasteiger partial charge in [0.2, 0.25) is 0 Å². The molecule has 4 aromatic rings. The van der Waals surface area contributed by atoms with Crippen LogP contribution in [-0.4, -0.2) is 33.6 Å². The van der Waals surface area contributed by atoms with Crippen molar-refractivity contribution < 1.29 is 4.79 Å². The number of nitrogens with zero attached hydrogens (tertiary/aromatic N) is 3. The maximum Gasteiger partial charge on any atom is 0.255 e. The fourth-order valence-corrected chi connectivity index (χ4v) is 4.22. The Morgan fingerprint density at radius 2 is 1.94 bits per heavy atom. The maximum absolute atomic E-state index is 12.8. The van der Waals surface area contributed by atoms with Crippen LogP contribution < -0.4 is 16.2 Å². The summed E-state index contributed by atoms with van der Waals surface area (Å²) in [6.07, 6.45) is 1.88. The van der Waals surface area contributed by atoms with Crippen LogP contribution in [0.4, 0.5) is 5.69 Å². The molecule has 3 N–H and O–H groups in total. The van der Waals surface area contributed by atoms with Crippen molar-refractivity contribution in [2.75, 3.05) is 18.4 Å². The van der Waals surface area contributed by atoms with Gasteiger partial charge in [-0.2, -0.15) is 10.4 Å². The van der Waals surface area contributed by atoms with Gasteiger partial charge in [0.1, 0.15) is 5.65 Å². The van der Waals surface area contributed by atoms with E-state index in [1.807, 2.05) is 18.2 Å². The third kappa shape index (κ3) is 3.84. The minimum atomic E-state index is -0.333. The van der Waals surface area contributed by atoms with Crippen LogP contribution >= 0.6 is 12.4 Å². The van der Waals surface area contributed by atoms with E-state index >= 15 is 0 Å². The molecule has 9 heteroatoms. The fourth-order valence-electron chi connectivity index (χ4n) is 4.22. The Hall–Kier alpha value is -3.67. The highest BCUT2D eigenvalue weighted by atomic mass is 35.5. The molecule has 0 aliphatic carbocycles. The van der Waals surface area contributed by atoms with Gasteiger partial charge in [0.25, 0.3) is 11.5 Å². The molecular formula is C23H21ClN6O2. The standard InChI is InChI=1S/C23H20N6O2.ClH/c24-13-14-3-1-4-16(11-14)23(31)26-17-5-2-6-18-21(17)22-27-20(30)12-19(29(22)28-18)15-7-9-25-10-8-15;/h1-6,11-12,15,25H,7-10H2,(H,26,31)(H,27,30);1H. The number of nitriles is 1. The molecule has 162 valence electrons. The Morgan fingerprint density at radius 3 is 2.72 bits per heavy atom. The number of amides is 1. The van der Waals surface area contributed by atoms with Crippen LogP contribution in [0.25, 0.3) is 16.6 Å². The van der Waals surface area contributed by atoms with E-state index in [1.54, 1.807) is 40.9 Å². The number of aromatic nitrogens is 3. The molecule has 0 saturated carbocycles. The lowest BCUT2D eigenvalue weighted by Crippen LogP contribution is -2.28. The minimum absolute atomic E-state index is 0. The summed E-state index contributed by atoms with van der Waals surface area (Å²) in [5.41, 5.74) is 3.30. The molecule has 8 nitrogen and oxygen atoms in total. The van der Waals surface area contributed by atoms with Crippen molar-refractivity contribution in [2.24, 2.45) is 0 Å². The molecule has 1 fully saturated rings. The summed E-state index contributed by atoms with van der Waals surface area (Å²) in [5.74, 6) is -0.0899. The second-order valence-electron chi connectivity index (χ2n) is 7.69. The molecule has 1 saturated heterocycles. The number of nitrogens with one attached hydrogen (secondary N) is 3. The third-order valence-corrected chi connectivity index (χ3v) is 5.72. The monoisotopic (exact) mass is 448 g/mol. The molecule has 0 atom stereocenters. The number of anilines is 1. The smallest absolute Gasteiger partial charge is 0.255 e. The highest BCUT2D eigenvalue weighted by Crippen LogP contribution is 2.30. The van der Waals surface area contributed by atoms with Gasteiger partial charge in [0.15, 0.2) is 0 Å². The van der Waals surface area contributed by atoms with Crippen molar-refractivity contribution in [3.05, 3.63) is 75.7 Å². The van der Waals surface area contributed by atoms with Gasteiger partial charge in [-0.05, 0) is 56.3 Å². The first-order valence-electron chi connectivity index (χ1n) is 10.2. The fraction of sp³-hybridized carbons (Fsp3) is 0.217. The summed E-state index contributed by atoms with van der Waals surface area (Å²) in [4.78, 5) is 28.2. The zero-order valence-corrected chi connectivity index (χ0v) is 17.9. The average Bonchev–Trinajstić information content (AvgIpc) is 3.18. The molecule has 0 spiro atoms. The van der Waals surface area contributed by atoms with Gasteiger partial charge in [0.05, 0.1) is 33.9 Å². The zero-order valence-electron chi connectivity index (χ0n) is 17.1. The van der Waals surface area contributed by atoms with Crippen molar-refractivity contribution >= 4 is 40.6 Å². The lowest BCUT2D eigenvalue weighted by Gasteiger charge is -2.23. The Bertz CT molecular complexity index is 1410. The van der Waals surface area contributed by atoms with E-state index in [0.29, 0.717) is 33.4 Å². The van der Waals surface area contributed by atoms with Crippen LogP contribution in [0, 0.1) is 11.3 Å². The van der Waals surface area contributed by atoms with Crippen LogP contribution in [0.1, 0.15) is 40.4 Å². The number of piperidine rings is 1. The summed E-state index contributed by atoms with van der Waals surface area (Å²) >= 11 is 0. The summed E-state index contributed by atoms with van der Waals surface area (Å²) in [6, 6.07) is 15.7. The largest absolute Gasteiger partial charge is 0.321 e. The number of H-pyrrole nitrogens is 1. The second kappa shape index (κ2) is 8.83. The van der Waals surface area contributed by atoms with E-state index in [2.05, 4.69) is 15.6 Å². The number of aromatic amines is 1. The van der Waals surface area contributed by atoms with Crippen LogP contribution in [-0.2, 0) is 0 Å². The predicted octanol–water partition coefficient (Wildman–Crippen LogP) is 3.19. The van der Waals surface area contributed by atoms with E-state index in [4.69, 9.17) is 10.4 Å². The number of carbonyl (C=O) groups is 1. The van der Waals surface area contributed by atoms with Crippen LogP contribution in [0.3, 0.4) is 0 Å². The predicted molar refractivity (Wildman–Crippen MR) is 125 cm³/mol. The first-order chi connectivity index (χ1) is 15.1. The highest BCUT2D eigenvalue weighted by Gasteiger charge is 2.22. The van der Waals surface area contributed by atoms with E-state index in [9.17, 15) is 9.59 Å². The van der Waals surface area contributed by atoms with E-state index in [0.717, 1.165) is 31.6 Å². The lowest BCUT2D eigenvalue weighted by molar-refractivity contribution is 0.102. The van der Waals surface area contributed by atoms with Crippen LogP contribution in [0.2, 0.25) is 0 Å². The van der Waals surface area contributed by atoms with Crippen molar-refractivity contribution in [3.8, 4) is 6.07 Å². The van der Waals surface area contributed by atoms with Gasteiger partial charge < -0.3 is 15.6 Å². The first-order valence-corrected chi connectivity index (χ1v) is 10.2. The number of halogens is 1. The number of benzene rings is 2. The third-order valence-electron chi connectivity index (χ3n) is 5.72. The van der Waals surface area contributed by atoms with Gasteiger partial charge >= 0.3 is 0 Å². The molecule has 3 heterocycles. The number of rotatable bonds is 3. The van der Waals surface area contributed by atoms with Crippen LogP contribution in [0.5, 0.6) is 0 Å². The number of hydrogen-bond acceptors (Lipinski definition) is 5. The molecule has 0 unspecified atom stereocenters. The molecule has 1 aliphatic rings. The molecule has 1 aliphatic heterocycles. The normalized spacial score (nSPS) is 14.1. The topological polar surface area (TPSA) is 115 Å². The van der Waals surface area contributed by atoms with Gasteiger partial charge in [-0.1, -0.05) is 12.1 Å². The molecule has 0 bridgehead atoms. The molecule has 5 rings (SSSR count). The number of hydrogen-bond donors (Lipinski definition) is 3. The van der Waals surface area contributed by atoms with E-state index in [-0.39, 0.29) is 29.8 Å². The summed E-state index contributed by atoms with van der Waals surface area (Å²) in [5, 5.41) is 20.8. The number of fused-ring (bicyclic) bond motifs is 3. The summed E-state index contributed by atoms with van der Waals surface area (Å²) < 4.78 is 1.80. The van der Waals surface area contributed by atoms with Gasteiger partial charge in [0, 0.05) is 17.5 Å². The Morgan fingerprint density at radius 1 is 1.16 bits per heavy atom. The summed E-state index contributed by atoms with van der Waals surface area (Å²) in [6.45, 7) is 1.81. The molecule has 2 aromatic carbocycles.